The first-order chi connectivity index (χ1) is 9.85. The van der Waals surface area contributed by atoms with Crippen LogP contribution in [0.3, 0.4) is 0 Å². The average molecular weight is 295 g/mol. The second kappa shape index (κ2) is 7.76. The molecule has 1 N–H and O–H groups in total. The fourth-order valence-electron chi connectivity index (χ4n) is 1.98. The van der Waals surface area contributed by atoms with E-state index < -0.39 is 11.9 Å². The molecule has 0 spiro atoms. The first-order valence-corrected chi connectivity index (χ1v) is 7.12. The van der Waals surface area contributed by atoms with Gasteiger partial charge < -0.3 is 10.1 Å². The predicted molar refractivity (Wildman–Crippen MR) is 79.0 cm³/mol. The third kappa shape index (κ3) is 5.17. The van der Waals surface area contributed by atoms with E-state index in [4.69, 9.17) is 4.74 Å². The molecule has 116 valence electrons. The first kappa shape index (κ1) is 17.1. The number of hydrogen-bond acceptors (Lipinski definition) is 3. The monoisotopic (exact) mass is 295 g/mol. The Morgan fingerprint density at radius 1 is 1.33 bits per heavy atom. The maximum atomic E-state index is 13.7. The van der Waals surface area contributed by atoms with Gasteiger partial charge in [0.25, 0.3) is 5.91 Å². The molecule has 0 heterocycles. The summed E-state index contributed by atoms with van der Waals surface area (Å²) in [5.74, 6) is -1.01. The molecule has 0 aliphatic heterocycles. The molecular formula is C16H22FNO3. The van der Waals surface area contributed by atoms with Crippen molar-refractivity contribution in [2.45, 2.75) is 52.7 Å². The molecule has 0 saturated carbocycles. The van der Waals surface area contributed by atoms with Crippen LogP contribution in [0.2, 0.25) is 0 Å². The van der Waals surface area contributed by atoms with E-state index in [1.807, 2.05) is 13.8 Å². The van der Waals surface area contributed by atoms with Gasteiger partial charge in [0.15, 0.2) is 11.9 Å². The molecule has 1 amide bonds. The zero-order valence-corrected chi connectivity index (χ0v) is 12.9. The lowest BCUT2D eigenvalue weighted by Gasteiger charge is -2.18. The van der Waals surface area contributed by atoms with Crippen molar-refractivity contribution in [1.82, 2.24) is 5.32 Å². The molecule has 0 bridgehead atoms. The van der Waals surface area contributed by atoms with Crippen LogP contribution in [-0.4, -0.2) is 23.8 Å². The predicted octanol–water partition coefficient (Wildman–Crippen LogP) is 3.10. The lowest BCUT2D eigenvalue weighted by atomic mass is 10.1. The van der Waals surface area contributed by atoms with E-state index in [1.165, 1.54) is 19.1 Å². The Labute approximate surface area is 124 Å². The van der Waals surface area contributed by atoms with Crippen molar-refractivity contribution in [3.63, 3.8) is 0 Å². The number of amides is 1. The lowest BCUT2D eigenvalue weighted by molar-refractivity contribution is -0.127. The minimum absolute atomic E-state index is 0.0102. The molecule has 2 atom stereocenters. The summed E-state index contributed by atoms with van der Waals surface area (Å²) >= 11 is 0. The minimum Gasteiger partial charge on any atom is -0.481 e. The Kier molecular flexibility index (Phi) is 6.34. The number of hydrogen-bond donors (Lipinski definition) is 1. The van der Waals surface area contributed by atoms with E-state index in [0.717, 1.165) is 18.9 Å². The first-order valence-electron chi connectivity index (χ1n) is 7.12. The van der Waals surface area contributed by atoms with Crippen LogP contribution in [0.1, 0.15) is 50.9 Å². The maximum absolute atomic E-state index is 13.7. The zero-order chi connectivity index (χ0) is 16.0. The van der Waals surface area contributed by atoms with Crippen LogP contribution in [0.25, 0.3) is 0 Å². The van der Waals surface area contributed by atoms with Crippen LogP contribution >= 0.6 is 0 Å². The Hall–Kier alpha value is -1.91. The van der Waals surface area contributed by atoms with Gasteiger partial charge in [-0.2, -0.15) is 0 Å². The average Bonchev–Trinajstić information content (AvgIpc) is 2.38. The van der Waals surface area contributed by atoms with E-state index >= 15 is 0 Å². The van der Waals surface area contributed by atoms with Crippen LogP contribution in [0, 0.1) is 5.82 Å². The summed E-state index contributed by atoms with van der Waals surface area (Å²) in [6.45, 7) is 6.87. The highest BCUT2D eigenvalue weighted by molar-refractivity contribution is 5.94. The summed E-state index contributed by atoms with van der Waals surface area (Å²) in [6.07, 6.45) is 1.14. The molecule has 0 aliphatic rings. The van der Waals surface area contributed by atoms with E-state index in [1.54, 1.807) is 6.92 Å². The molecule has 0 fully saturated rings. The molecule has 0 saturated heterocycles. The minimum atomic E-state index is -0.730. The Morgan fingerprint density at radius 3 is 2.52 bits per heavy atom. The van der Waals surface area contributed by atoms with Crippen molar-refractivity contribution in [2.24, 2.45) is 0 Å². The largest absolute Gasteiger partial charge is 0.481 e. The maximum Gasteiger partial charge on any atom is 0.260 e. The fourth-order valence-corrected chi connectivity index (χ4v) is 1.98. The topological polar surface area (TPSA) is 55.4 Å². The highest BCUT2D eigenvalue weighted by atomic mass is 19.1. The SMILES string of the molecule is CCCC(C)NC(=O)C(C)Oc1ccc(C(C)=O)c(F)c1. The summed E-state index contributed by atoms with van der Waals surface area (Å²) < 4.78 is 19.1. The van der Waals surface area contributed by atoms with E-state index in [0.29, 0.717) is 0 Å². The quantitative estimate of drug-likeness (QED) is 0.786. The van der Waals surface area contributed by atoms with Crippen LogP contribution in [0.5, 0.6) is 5.75 Å². The molecule has 5 heteroatoms. The van der Waals surface area contributed by atoms with Gasteiger partial charge in [-0.3, -0.25) is 9.59 Å². The molecule has 4 nitrogen and oxygen atoms in total. The number of Topliss-reactive ketones (excluding diaryl/α,β-unsaturated/α-hetero) is 1. The van der Waals surface area contributed by atoms with Gasteiger partial charge in [-0.05, 0) is 39.3 Å². The Morgan fingerprint density at radius 2 is 2.00 bits per heavy atom. The number of carbonyl (C=O) groups is 2. The smallest absolute Gasteiger partial charge is 0.260 e. The van der Waals surface area contributed by atoms with Crippen molar-refractivity contribution in [3.05, 3.63) is 29.6 Å². The molecular weight excluding hydrogens is 273 g/mol. The van der Waals surface area contributed by atoms with Crippen molar-refractivity contribution in [3.8, 4) is 5.75 Å². The Bertz CT molecular complexity index is 516. The van der Waals surface area contributed by atoms with Crippen molar-refractivity contribution >= 4 is 11.7 Å². The summed E-state index contributed by atoms with van der Waals surface area (Å²) in [7, 11) is 0. The Balaban J connectivity index is 2.66. The summed E-state index contributed by atoms with van der Waals surface area (Å²) in [6, 6.07) is 4.04. The molecule has 0 aromatic heterocycles. The number of rotatable bonds is 7. The zero-order valence-electron chi connectivity index (χ0n) is 12.9. The van der Waals surface area contributed by atoms with Gasteiger partial charge in [0, 0.05) is 12.1 Å². The number of ketones is 1. The van der Waals surface area contributed by atoms with Gasteiger partial charge in [0.1, 0.15) is 11.6 Å². The molecule has 21 heavy (non-hydrogen) atoms. The number of halogens is 1. The van der Waals surface area contributed by atoms with Gasteiger partial charge in [0.2, 0.25) is 0 Å². The summed E-state index contributed by atoms with van der Waals surface area (Å²) in [5, 5.41) is 2.83. The van der Waals surface area contributed by atoms with Gasteiger partial charge in [-0.15, -0.1) is 0 Å². The number of ether oxygens (including phenoxy) is 1. The third-order valence-corrected chi connectivity index (χ3v) is 3.11. The molecule has 0 aliphatic carbocycles. The molecule has 0 radical (unpaired) electrons. The summed E-state index contributed by atoms with van der Waals surface area (Å²) in [4.78, 5) is 23.1. The van der Waals surface area contributed by atoms with Gasteiger partial charge in [0.05, 0.1) is 5.56 Å². The van der Waals surface area contributed by atoms with Gasteiger partial charge in [-0.25, -0.2) is 4.39 Å². The number of benzene rings is 1. The van der Waals surface area contributed by atoms with Crippen LogP contribution in [0.15, 0.2) is 18.2 Å². The van der Waals surface area contributed by atoms with E-state index in [9.17, 15) is 14.0 Å². The molecule has 1 aromatic carbocycles. The lowest BCUT2D eigenvalue weighted by Crippen LogP contribution is -2.41. The van der Waals surface area contributed by atoms with E-state index in [-0.39, 0.29) is 29.0 Å². The second-order valence-corrected chi connectivity index (χ2v) is 5.16. The van der Waals surface area contributed by atoms with Crippen molar-refractivity contribution in [2.75, 3.05) is 0 Å². The third-order valence-electron chi connectivity index (χ3n) is 3.11. The van der Waals surface area contributed by atoms with E-state index in [2.05, 4.69) is 5.32 Å². The van der Waals surface area contributed by atoms with Gasteiger partial charge >= 0.3 is 0 Å². The van der Waals surface area contributed by atoms with Crippen LogP contribution in [-0.2, 0) is 4.79 Å². The highest BCUT2D eigenvalue weighted by Gasteiger charge is 2.17. The standard InChI is InChI=1S/C16H22FNO3/c1-5-6-10(2)18-16(20)12(4)21-13-7-8-14(11(3)19)15(17)9-13/h7-10,12H,5-6H2,1-4H3,(H,18,20). The molecule has 2 unspecified atom stereocenters. The normalized spacial score (nSPS) is 13.4. The fraction of sp³-hybridized carbons (Fsp3) is 0.500. The van der Waals surface area contributed by atoms with Crippen LogP contribution in [0.4, 0.5) is 4.39 Å². The number of nitrogens with one attached hydrogen (secondary N) is 1. The molecule has 1 rings (SSSR count). The van der Waals surface area contributed by atoms with Gasteiger partial charge in [-0.1, -0.05) is 13.3 Å². The van der Waals surface area contributed by atoms with Crippen LogP contribution < -0.4 is 10.1 Å². The number of carbonyl (C=O) groups excluding carboxylic acids is 2. The van der Waals surface area contributed by atoms with Crippen molar-refractivity contribution in [1.29, 1.82) is 0 Å². The second-order valence-electron chi connectivity index (χ2n) is 5.16. The molecule has 1 aromatic rings. The highest BCUT2D eigenvalue weighted by Crippen LogP contribution is 2.18. The van der Waals surface area contributed by atoms with Crippen molar-refractivity contribution < 1.29 is 18.7 Å². The summed E-state index contributed by atoms with van der Waals surface area (Å²) in [5.41, 5.74) is 0.0102.